The summed E-state index contributed by atoms with van der Waals surface area (Å²) in [6.45, 7) is 13.4. The molecule has 0 bridgehead atoms. The van der Waals surface area contributed by atoms with E-state index in [4.69, 9.17) is 19.7 Å². The third-order valence-corrected chi connectivity index (χ3v) is 7.10. The van der Waals surface area contributed by atoms with Gasteiger partial charge in [-0.2, -0.15) is 0 Å². The number of phenolic OH excluding ortho intramolecular Hbond substituents is 2. The van der Waals surface area contributed by atoms with Crippen LogP contribution in [-0.2, 0) is 13.2 Å². The van der Waals surface area contributed by atoms with Crippen LogP contribution in [0.4, 0.5) is 0 Å². The van der Waals surface area contributed by atoms with Crippen LogP contribution < -0.4 is 5.43 Å². The molecule has 12 heteroatoms. The Balaban J connectivity index is -0.000000171. The second-order valence-corrected chi connectivity index (χ2v) is 10.5. The predicted molar refractivity (Wildman–Crippen MR) is 268 cm³/mol. The first-order valence-corrected chi connectivity index (χ1v) is 24.3. The number of phenols is 2. The van der Waals surface area contributed by atoms with Crippen LogP contribution in [-0.4, -0.2) is 32.0 Å². The molecule has 61 heavy (non-hydrogen) atoms. The fraction of sp³-hybridized carbons (Fsp3) is 0.245. The number of allylic oxidation sites excluding steroid dienone is 1. The van der Waals surface area contributed by atoms with E-state index in [0.717, 1.165) is 22.3 Å². The van der Waals surface area contributed by atoms with E-state index in [2.05, 4.69) is 37.2 Å². The number of rotatable bonds is 7. The van der Waals surface area contributed by atoms with Gasteiger partial charge >= 0.3 is 0 Å². The smallest absolute Gasteiger partial charge is 0.193 e. The number of carbonyl (C=O) groups is 2. The SMILES string of the molecule is C.C.C.CC.CC.CC.CC(=O)c1ccccc1O.II.O=C(/C=C/c1ccc(CO)cc1)c1ccccc1O.O=c1cc(-c2ccc(CO)cc2)oc2ccccc12.[Sg].[Sg]. The quantitative estimate of drug-likeness (QED) is 0.0702. The van der Waals surface area contributed by atoms with Crippen LogP contribution in [0.3, 0.4) is 0 Å². The van der Waals surface area contributed by atoms with Crippen molar-refractivity contribution in [3.8, 4) is 22.8 Å². The summed E-state index contributed by atoms with van der Waals surface area (Å²) >= 11 is 4.24. The Labute approximate surface area is 376 Å². The molecule has 1 heterocycles. The van der Waals surface area contributed by atoms with Crippen LogP contribution in [0.1, 0.15) is 108 Å². The van der Waals surface area contributed by atoms with Gasteiger partial charge in [0.2, 0.25) is 0 Å². The van der Waals surface area contributed by atoms with Crippen LogP contribution >= 0.6 is 37.2 Å². The second-order valence-electron chi connectivity index (χ2n) is 10.5. The molecular formula is C49H64I2O8Sg2. The van der Waals surface area contributed by atoms with Crippen molar-refractivity contribution in [3.63, 3.8) is 0 Å². The minimum absolute atomic E-state index is 0. The maximum Gasteiger partial charge on any atom is 0.193 e. The van der Waals surface area contributed by atoms with Gasteiger partial charge in [0.05, 0.1) is 29.7 Å². The first kappa shape index (κ1) is 66.2. The molecule has 6 aromatic rings. The van der Waals surface area contributed by atoms with E-state index in [1.165, 1.54) is 31.2 Å². The van der Waals surface area contributed by atoms with Crippen molar-refractivity contribution in [2.75, 3.05) is 0 Å². The molecule has 0 aliphatic carbocycles. The average molecular weight is 1570 g/mol. The van der Waals surface area contributed by atoms with Crippen molar-refractivity contribution in [3.05, 3.63) is 172 Å². The summed E-state index contributed by atoms with van der Waals surface area (Å²) in [4.78, 5) is 34.6. The Kier molecular flexibility index (Phi) is 42.2. The van der Waals surface area contributed by atoms with Gasteiger partial charge in [0.1, 0.15) is 22.8 Å². The number of fused-ring (bicyclic) bond motifs is 1. The molecule has 0 unspecified atom stereocenters. The number of hydrogen-bond acceptors (Lipinski definition) is 8. The summed E-state index contributed by atoms with van der Waals surface area (Å²) in [6, 6.07) is 36.1. The number of carbonyl (C=O) groups excluding carboxylic acids is 2. The molecule has 0 saturated carbocycles. The molecule has 0 fully saturated rings. The van der Waals surface area contributed by atoms with Gasteiger partial charge in [-0.05, 0) is 66.1 Å². The molecule has 0 saturated heterocycles. The first-order chi connectivity index (χ1) is 27.2. The van der Waals surface area contributed by atoms with Crippen LogP contribution in [0.25, 0.3) is 28.4 Å². The molecule has 1 aromatic heterocycles. The number of hydrogen-bond donors (Lipinski definition) is 4. The van der Waals surface area contributed by atoms with E-state index in [1.54, 1.807) is 66.7 Å². The zero-order chi connectivity index (χ0) is 42.5. The minimum atomic E-state index is -0.246. The van der Waals surface area contributed by atoms with E-state index in [9.17, 15) is 19.5 Å². The van der Waals surface area contributed by atoms with Gasteiger partial charge in [0.25, 0.3) is 0 Å². The van der Waals surface area contributed by atoms with Gasteiger partial charge in [-0.1, -0.05) is 155 Å². The molecular weight excluding hydrogens is 1510 g/mol. The summed E-state index contributed by atoms with van der Waals surface area (Å²) in [6.07, 6.45) is 3.10. The van der Waals surface area contributed by atoms with Crippen molar-refractivity contribution in [1.82, 2.24) is 0 Å². The molecule has 4 N–H and O–H groups in total. The number of aliphatic hydroxyl groups is 2. The summed E-state index contributed by atoms with van der Waals surface area (Å²) in [5, 5.41) is 37.1. The molecule has 0 amide bonds. The summed E-state index contributed by atoms with van der Waals surface area (Å²) in [5.74, 6) is 0.207. The molecule has 8 nitrogen and oxygen atoms in total. The zero-order valence-electron chi connectivity index (χ0n) is 34.3. The standard InChI is InChI=1S/C16H12O3.C16H14O3.C8H8O2.3C2H6.3CH4.I2.2Sg/c17-10-11-5-7-12(8-6-11)16-9-14(18)13-3-1-2-4-15(13)19-16;17-11-13-7-5-12(6-8-13)9-10-16(19)14-3-1-2-4-15(14)18;1-6(9)7-4-2-3-5-8(7)10;3*1-2;;;;1-2;;/h1-9,17H,10H2;1-10,17-18H,11H2;2-5,10H,1H3;3*1-2H3;3*1H4;;;/b;10-9+;;;;;;;;;;. The monoisotopic (exact) mass is 1580 g/mol. The van der Waals surface area contributed by atoms with Crippen LogP contribution in [0.5, 0.6) is 11.5 Å². The van der Waals surface area contributed by atoms with Gasteiger partial charge < -0.3 is 24.8 Å². The minimum Gasteiger partial charge on any atom is -0.507 e. The topological polar surface area (TPSA) is 145 Å². The maximum absolute atomic E-state index is 12.0. The summed E-state index contributed by atoms with van der Waals surface area (Å²) in [7, 11) is 0. The van der Waals surface area contributed by atoms with Gasteiger partial charge in [-0.3, -0.25) is 14.4 Å². The van der Waals surface area contributed by atoms with Crippen LogP contribution in [0, 0.1) is 0 Å². The van der Waals surface area contributed by atoms with Gasteiger partial charge in [0.15, 0.2) is 17.0 Å². The van der Waals surface area contributed by atoms with E-state index >= 15 is 0 Å². The van der Waals surface area contributed by atoms with Crippen molar-refractivity contribution < 1.29 is 34.4 Å². The molecule has 5 aromatic carbocycles. The molecule has 326 valence electrons. The number of benzene rings is 5. The summed E-state index contributed by atoms with van der Waals surface area (Å²) in [5.41, 5.74) is 4.52. The molecule has 0 spiro atoms. The van der Waals surface area contributed by atoms with Gasteiger partial charge in [-0.15, -0.1) is 0 Å². The third kappa shape index (κ3) is 22.4. The number of Topliss-reactive ketones (excluding diaryl/α,β-unsaturated/α-hetero) is 1. The first-order valence-electron chi connectivity index (χ1n) is 18.1. The number of aromatic hydroxyl groups is 2. The maximum atomic E-state index is 12.0. The Bertz CT molecular complexity index is 2100. The Morgan fingerprint density at radius 2 is 1.02 bits per heavy atom. The van der Waals surface area contributed by atoms with Crippen molar-refractivity contribution in [2.24, 2.45) is 0 Å². The van der Waals surface area contributed by atoms with Crippen LogP contribution in [0.15, 0.2) is 143 Å². The number of halogens is 2. The third-order valence-electron chi connectivity index (χ3n) is 7.10. The second kappa shape index (κ2) is 38.9. The van der Waals surface area contributed by atoms with Gasteiger partial charge in [-0.25, -0.2) is 0 Å². The average Bonchev–Trinajstić information content (AvgIpc) is 3.26. The largest absolute Gasteiger partial charge is 0.507 e. The molecule has 0 atom stereocenters. The van der Waals surface area contributed by atoms with Crippen molar-refractivity contribution >= 4 is 65.8 Å². The van der Waals surface area contributed by atoms with Gasteiger partial charge in [0, 0.05) is 48.9 Å². The Hall–Kier alpha value is -6.63. The van der Waals surface area contributed by atoms with E-state index in [0.29, 0.717) is 22.3 Å². The fourth-order valence-electron chi connectivity index (χ4n) is 4.47. The molecule has 0 radical (unpaired) electrons. The summed E-state index contributed by atoms with van der Waals surface area (Å²) < 4.78 is 5.74. The zero-order valence-corrected chi connectivity index (χ0v) is 51.5. The van der Waals surface area contributed by atoms with Crippen molar-refractivity contribution in [1.29, 1.82) is 0 Å². The number of para-hydroxylation sites is 3. The van der Waals surface area contributed by atoms with E-state index in [1.807, 2.05) is 90.1 Å². The van der Waals surface area contributed by atoms with E-state index < -0.39 is 0 Å². The fourth-order valence-corrected chi connectivity index (χ4v) is 4.47. The molecule has 0 aliphatic rings. The van der Waals surface area contributed by atoms with Crippen molar-refractivity contribution in [2.45, 2.75) is 84.0 Å². The molecule has 0 aliphatic heterocycles. The predicted octanol–water partition coefficient (Wildman–Crippen LogP) is 14.1. The number of ketones is 2. The Morgan fingerprint density at radius 1 is 0.607 bits per heavy atom. The number of aliphatic hydroxyl groups excluding tert-OH is 2. The normalized spacial score (nSPS) is 8.64. The molecule has 6 rings (SSSR count). The van der Waals surface area contributed by atoms with Crippen LogP contribution in [0.2, 0.25) is 0 Å². The Morgan fingerprint density at radius 3 is 1.44 bits per heavy atom. The van der Waals surface area contributed by atoms with E-state index in [-0.39, 0.29) is 69.6 Å².